The van der Waals surface area contributed by atoms with Crippen LogP contribution in [0.5, 0.6) is 5.75 Å². The summed E-state index contributed by atoms with van der Waals surface area (Å²) in [6.07, 6.45) is 0.920. The van der Waals surface area contributed by atoms with Gasteiger partial charge in [0.1, 0.15) is 11.6 Å². The lowest BCUT2D eigenvalue weighted by molar-refractivity contribution is 0.357. The van der Waals surface area contributed by atoms with Crippen LogP contribution >= 0.6 is 0 Å². The van der Waals surface area contributed by atoms with E-state index in [1.807, 2.05) is 19.1 Å². The van der Waals surface area contributed by atoms with Gasteiger partial charge in [-0.05, 0) is 47.4 Å². The summed E-state index contributed by atoms with van der Waals surface area (Å²) >= 11 is 0. The third-order valence-electron chi connectivity index (χ3n) is 3.76. The number of benzene rings is 2. The van der Waals surface area contributed by atoms with Crippen LogP contribution in [0.1, 0.15) is 28.3 Å². The molecule has 20 heavy (non-hydrogen) atoms. The number of nitrogens with one attached hydrogen (secondary N) is 1. The lowest BCUT2D eigenvalue weighted by Crippen LogP contribution is -2.29. The van der Waals surface area contributed by atoms with Crippen molar-refractivity contribution >= 4 is 0 Å². The molecule has 1 atom stereocenters. The molecule has 1 heterocycles. The first-order chi connectivity index (χ1) is 9.69. The van der Waals surface area contributed by atoms with Crippen molar-refractivity contribution in [1.29, 1.82) is 0 Å². The Morgan fingerprint density at radius 1 is 1.25 bits per heavy atom. The minimum atomic E-state index is -0.232. The highest BCUT2D eigenvalue weighted by atomic mass is 19.1. The van der Waals surface area contributed by atoms with Gasteiger partial charge in [0.25, 0.3) is 0 Å². The largest absolute Gasteiger partial charge is 0.493 e. The fourth-order valence-electron chi connectivity index (χ4n) is 2.71. The number of halogens is 1. The van der Waals surface area contributed by atoms with Crippen molar-refractivity contribution in [3.8, 4) is 5.75 Å². The normalized spacial score (nSPS) is 14.8. The SMILES string of the molecule is Cc1cc(F)ccc1C(NN)c1ccc2c(c1)CCO2. The Hall–Kier alpha value is -1.91. The van der Waals surface area contributed by atoms with E-state index in [9.17, 15) is 4.39 Å². The van der Waals surface area contributed by atoms with E-state index < -0.39 is 0 Å². The fourth-order valence-corrected chi connectivity index (χ4v) is 2.71. The highest BCUT2D eigenvalue weighted by molar-refractivity contribution is 5.44. The molecule has 0 bridgehead atoms. The molecule has 0 aromatic heterocycles. The fraction of sp³-hybridized carbons (Fsp3) is 0.250. The average molecular weight is 272 g/mol. The van der Waals surface area contributed by atoms with Gasteiger partial charge in [-0.15, -0.1) is 0 Å². The number of fused-ring (bicyclic) bond motifs is 1. The average Bonchev–Trinajstić information content (AvgIpc) is 2.89. The van der Waals surface area contributed by atoms with E-state index in [2.05, 4.69) is 11.5 Å². The predicted molar refractivity (Wildman–Crippen MR) is 75.9 cm³/mol. The maximum absolute atomic E-state index is 13.2. The van der Waals surface area contributed by atoms with Gasteiger partial charge in [0.15, 0.2) is 0 Å². The zero-order chi connectivity index (χ0) is 14.1. The monoisotopic (exact) mass is 272 g/mol. The molecule has 0 saturated heterocycles. The smallest absolute Gasteiger partial charge is 0.123 e. The number of ether oxygens (including phenoxy) is 1. The van der Waals surface area contributed by atoms with Crippen molar-refractivity contribution in [3.63, 3.8) is 0 Å². The Kier molecular flexibility index (Phi) is 3.42. The van der Waals surface area contributed by atoms with Gasteiger partial charge in [-0.2, -0.15) is 0 Å². The van der Waals surface area contributed by atoms with Crippen LogP contribution in [0.3, 0.4) is 0 Å². The molecule has 1 aliphatic heterocycles. The second-order valence-electron chi connectivity index (χ2n) is 5.07. The highest BCUT2D eigenvalue weighted by Gasteiger charge is 2.19. The second-order valence-corrected chi connectivity index (χ2v) is 5.07. The molecule has 3 N–H and O–H groups in total. The van der Waals surface area contributed by atoms with Crippen LogP contribution in [0, 0.1) is 12.7 Å². The van der Waals surface area contributed by atoms with Crippen LogP contribution in [0.25, 0.3) is 0 Å². The van der Waals surface area contributed by atoms with Crippen molar-refractivity contribution in [2.24, 2.45) is 5.84 Å². The summed E-state index contributed by atoms with van der Waals surface area (Å²) in [6.45, 7) is 2.62. The first-order valence-electron chi connectivity index (χ1n) is 6.67. The number of hydrogen-bond donors (Lipinski definition) is 2. The summed E-state index contributed by atoms with van der Waals surface area (Å²) in [5.74, 6) is 6.43. The zero-order valence-corrected chi connectivity index (χ0v) is 11.3. The van der Waals surface area contributed by atoms with E-state index in [4.69, 9.17) is 10.6 Å². The van der Waals surface area contributed by atoms with Crippen LogP contribution < -0.4 is 16.0 Å². The Bertz CT molecular complexity index is 642. The van der Waals surface area contributed by atoms with Crippen LogP contribution in [0.15, 0.2) is 36.4 Å². The van der Waals surface area contributed by atoms with E-state index >= 15 is 0 Å². The standard InChI is InChI=1S/C16H17FN2O/c1-10-8-13(17)3-4-14(10)16(19-18)12-2-5-15-11(9-12)6-7-20-15/h2-5,8-9,16,19H,6-7,18H2,1H3. The Morgan fingerprint density at radius 3 is 2.85 bits per heavy atom. The van der Waals surface area contributed by atoms with Gasteiger partial charge in [0.2, 0.25) is 0 Å². The van der Waals surface area contributed by atoms with Crippen LogP contribution in [0.2, 0.25) is 0 Å². The van der Waals surface area contributed by atoms with E-state index in [-0.39, 0.29) is 11.9 Å². The molecule has 0 amide bonds. The molecule has 0 radical (unpaired) electrons. The molecule has 2 aromatic carbocycles. The summed E-state index contributed by atoms with van der Waals surface area (Å²) in [4.78, 5) is 0. The van der Waals surface area contributed by atoms with E-state index in [1.54, 1.807) is 6.07 Å². The number of hydrazine groups is 1. The molecule has 1 unspecified atom stereocenters. The highest BCUT2D eigenvalue weighted by Crippen LogP contribution is 2.31. The molecule has 0 fully saturated rings. The molecule has 3 nitrogen and oxygen atoms in total. The number of hydrogen-bond acceptors (Lipinski definition) is 3. The minimum absolute atomic E-state index is 0.151. The molecular formula is C16H17FN2O. The number of rotatable bonds is 3. The lowest BCUT2D eigenvalue weighted by Gasteiger charge is -2.19. The Morgan fingerprint density at radius 2 is 2.10 bits per heavy atom. The molecule has 0 aliphatic carbocycles. The van der Waals surface area contributed by atoms with Crippen molar-refractivity contribution in [2.45, 2.75) is 19.4 Å². The Labute approximate surface area is 117 Å². The molecular weight excluding hydrogens is 255 g/mol. The summed E-state index contributed by atoms with van der Waals surface area (Å²) in [5, 5.41) is 0. The summed E-state index contributed by atoms with van der Waals surface area (Å²) in [6, 6.07) is 10.7. The minimum Gasteiger partial charge on any atom is -0.493 e. The summed E-state index contributed by atoms with van der Waals surface area (Å²) in [5.41, 5.74) is 6.94. The second kappa shape index (κ2) is 5.23. The molecule has 0 spiro atoms. The van der Waals surface area contributed by atoms with Crippen molar-refractivity contribution in [2.75, 3.05) is 6.61 Å². The molecule has 4 heteroatoms. The summed E-state index contributed by atoms with van der Waals surface area (Å²) in [7, 11) is 0. The number of aryl methyl sites for hydroxylation is 1. The van der Waals surface area contributed by atoms with E-state index in [0.717, 1.165) is 35.5 Å². The van der Waals surface area contributed by atoms with Gasteiger partial charge in [-0.25, -0.2) is 9.82 Å². The zero-order valence-electron chi connectivity index (χ0n) is 11.3. The quantitative estimate of drug-likeness (QED) is 0.667. The molecule has 3 rings (SSSR count). The van der Waals surface area contributed by atoms with E-state index in [1.165, 1.54) is 17.7 Å². The van der Waals surface area contributed by atoms with Gasteiger partial charge in [-0.3, -0.25) is 5.84 Å². The third kappa shape index (κ3) is 2.28. The van der Waals surface area contributed by atoms with Gasteiger partial charge in [-0.1, -0.05) is 18.2 Å². The first-order valence-corrected chi connectivity index (χ1v) is 6.67. The van der Waals surface area contributed by atoms with Crippen molar-refractivity contribution < 1.29 is 9.13 Å². The van der Waals surface area contributed by atoms with Crippen LogP contribution in [0.4, 0.5) is 4.39 Å². The van der Waals surface area contributed by atoms with Gasteiger partial charge in [0, 0.05) is 6.42 Å². The van der Waals surface area contributed by atoms with Crippen molar-refractivity contribution in [1.82, 2.24) is 5.43 Å². The van der Waals surface area contributed by atoms with E-state index in [0.29, 0.717) is 0 Å². The van der Waals surface area contributed by atoms with Crippen LogP contribution in [-0.2, 0) is 6.42 Å². The summed E-state index contributed by atoms with van der Waals surface area (Å²) < 4.78 is 18.7. The first kappa shape index (κ1) is 13.1. The lowest BCUT2D eigenvalue weighted by atomic mass is 9.94. The van der Waals surface area contributed by atoms with Gasteiger partial charge < -0.3 is 4.74 Å². The predicted octanol–water partition coefficient (Wildman–Crippen LogP) is 2.62. The van der Waals surface area contributed by atoms with Crippen LogP contribution in [-0.4, -0.2) is 6.61 Å². The van der Waals surface area contributed by atoms with Crippen molar-refractivity contribution in [3.05, 3.63) is 64.5 Å². The molecule has 104 valence electrons. The maximum Gasteiger partial charge on any atom is 0.123 e. The Balaban J connectivity index is 2.01. The molecule has 2 aromatic rings. The molecule has 0 saturated carbocycles. The molecule has 1 aliphatic rings. The number of nitrogens with two attached hydrogens (primary N) is 1. The third-order valence-corrected chi connectivity index (χ3v) is 3.76. The van der Waals surface area contributed by atoms with Gasteiger partial charge >= 0.3 is 0 Å². The maximum atomic E-state index is 13.2. The van der Waals surface area contributed by atoms with Gasteiger partial charge in [0.05, 0.1) is 12.6 Å². The topological polar surface area (TPSA) is 47.3 Å².